The van der Waals surface area contributed by atoms with E-state index in [0.29, 0.717) is 39.6 Å². The van der Waals surface area contributed by atoms with E-state index < -0.39 is 0 Å². The van der Waals surface area contributed by atoms with Gasteiger partial charge in [0.2, 0.25) is 0 Å². The highest BCUT2D eigenvalue weighted by molar-refractivity contribution is 6.36. The summed E-state index contributed by atoms with van der Waals surface area (Å²) in [7, 11) is 0. The fourth-order valence-corrected chi connectivity index (χ4v) is 15.1. The highest BCUT2D eigenvalue weighted by Gasteiger charge is 2.41. The van der Waals surface area contributed by atoms with Gasteiger partial charge in [-0.1, -0.05) is 388 Å². The predicted molar refractivity (Wildman–Crippen MR) is 444 cm³/mol. The molecule has 10 heteroatoms. The van der Waals surface area contributed by atoms with Crippen molar-refractivity contribution in [1.29, 1.82) is 0 Å². The van der Waals surface area contributed by atoms with Crippen LogP contribution in [0.3, 0.4) is 0 Å². The Morgan fingerprint density at radius 2 is 0.320 bits per heavy atom. The SMILES string of the molecule is CCCCCCCCCCCCOc1cc2c(cc1OCCCCCCCCCCCC)C1=Nc3cc(OCCCCCCCCCCCC)c(OCCCCCCCCCCCC)cc3C3=Nc4cc(OCCCCCCCCCCCC)c(OCCCCCCCCCCCC)cc4C(=N2)N13. The third-order valence-corrected chi connectivity index (χ3v) is 21.8. The molecule has 0 spiro atoms. The lowest BCUT2D eigenvalue weighted by molar-refractivity contribution is 0.258. The number of hydrogen-bond donors (Lipinski definition) is 0. The highest BCUT2D eigenvalue weighted by atomic mass is 16.5. The summed E-state index contributed by atoms with van der Waals surface area (Å²) in [4.78, 5) is 19.4. The van der Waals surface area contributed by atoms with E-state index in [9.17, 15) is 0 Å². The Morgan fingerprint density at radius 3 is 0.476 bits per heavy atom. The van der Waals surface area contributed by atoms with Crippen molar-refractivity contribution >= 4 is 34.6 Å². The highest BCUT2D eigenvalue weighted by Crippen LogP contribution is 2.49. The molecule has 0 unspecified atom stereocenters. The summed E-state index contributed by atoms with van der Waals surface area (Å²) in [6.45, 7) is 17.6. The molecule has 0 radical (unpaired) electrons. The van der Waals surface area contributed by atoms with Crippen LogP contribution >= 0.6 is 0 Å². The van der Waals surface area contributed by atoms with Gasteiger partial charge < -0.3 is 28.4 Å². The monoisotopic (exact) mass is 1430 g/mol. The second kappa shape index (κ2) is 58.4. The number of hydrogen-bond acceptors (Lipinski definition) is 10. The summed E-state index contributed by atoms with van der Waals surface area (Å²) in [6, 6.07) is 13.0. The largest absolute Gasteiger partial charge is 0.490 e. The number of rotatable bonds is 72. The van der Waals surface area contributed by atoms with Crippen LogP contribution < -0.4 is 28.4 Å². The van der Waals surface area contributed by atoms with Gasteiger partial charge in [0, 0.05) is 34.9 Å². The minimum atomic E-state index is 0.630. The summed E-state index contributed by atoms with van der Waals surface area (Å²) in [5.74, 6) is 6.86. The molecular weight excluding hydrogens is 1270 g/mol. The fraction of sp³-hybridized carbons (Fsp3) is 0.774. The number of fused-ring (bicyclic) bond motifs is 6. The molecule has 3 aromatic rings. The van der Waals surface area contributed by atoms with E-state index in [-0.39, 0.29) is 0 Å². The average molecular weight is 1430 g/mol. The van der Waals surface area contributed by atoms with Crippen LogP contribution in [-0.2, 0) is 0 Å². The maximum absolute atomic E-state index is 6.91. The van der Waals surface area contributed by atoms with Crippen molar-refractivity contribution in [2.75, 3.05) is 39.6 Å². The van der Waals surface area contributed by atoms with Gasteiger partial charge in [-0.3, -0.25) is 4.90 Å². The van der Waals surface area contributed by atoms with Crippen molar-refractivity contribution in [3.63, 3.8) is 0 Å². The molecule has 0 amide bonds. The van der Waals surface area contributed by atoms with Crippen LogP contribution in [0.5, 0.6) is 34.5 Å². The molecule has 10 nitrogen and oxygen atoms in total. The minimum Gasteiger partial charge on any atom is -0.490 e. The molecule has 0 bridgehead atoms. The summed E-state index contributed by atoms with van der Waals surface area (Å²) in [6.07, 6.45) is 76.6. The Hall–Kier alpha value is -4.73. The first-order valence-corrected chi connectivity index (χ1v) is 44.9. The van der Waals surface area contributed by atoms with Crippen LogP contribution in [-0.4, -0.2) is 62.0 Å². The number of aliphatic imine (C=N–C) groups is 3. The maximum atomic E-state index is 6.91. The molecule has 584 valence electrons. The van der Waals surface area contributed by atoms with Crippen molar-refractivity contribution in [3.8, 4) is 34.5 Å². The number of benzene rings is 3. The smallest absolute Gasteiger partial charge is 0.163 e. The minimum absolute atomic E-state index is 0.630. The molecule has 6 rings (SSSR count). The standard InChI is InChI=1S/C93H156N4O6/c1-7-13-19-25-31-37-43-49-55-61-67-98-85-73-79-82(76-88(85)101-70-64-58-52-46-40-34-28-22-16-10-4)94-92-81-75-87(100-69-63-57-51-45-39-33-27-21-15-9-3)90(103-72-66-60-54-48-42-36-30-24-18-12-6)78-84(81)96-93-80-74-86(99-68-62-56-50-44-38-32-26-20-14-8-2)89(77-83(80)95-91(79)97(92)93)102-71-65-59-53-47-41-35-29-23-17-11-5/h73-78H,7-72H2,1-6H3. The quantitative estimate of drug-likeness (QED) is 0.0520. The summed E-state index contributed by atoms with van der Waals surface area (Å²) in [5.41, 5.74) is 5.14. The molecule has 0 N–H and O–H groups in total. The van der Waals surface area contributed by atoms with Gasteiger partial charge in [-0.2, -0.15) is 0 Å². The van der Waals surface area contributed by atoms with Gasteiger partial charge in [0.1, 0.15) is 17.5 Å². The van der Waals surface area contributed by atoms with Crippen molar-refractivity contribution in [2.24, 2.45) is 15.0 Å². The number of nitrogens with zero attached hydrogens (tertiary/aromatic N) is 4. The van der Waals surface area contributed by atoms with Gasteiger partial charge in [0.05, 0.1) is 56.7 Å². The fourth-order valence-electron chi connectivity index (χ4n) is 15.1. The van der Waals surface area contributed by atoms with E-state index in [1.165, 1.54) is 308 Å². The van der Waals surface area contributed by atoms with Crippen LogP contribution in [0, 0.1) is 0 Å². The third-order valence-electron chi connectivity index (χ3n) is 21.8. The molecule has 103 heavy (non-hydrogen) atoms. The van der Waals surface area contributed by atoms with E-state index in [4.69, 9.17) is 43.4 Å². The molecule has 0 aromatic heterocycles. The first kappa shape index (κ1) is 87.2. The summed E-state index contributed by atoms with van der Waals surface area (Å²) >= 11 is 0. The molecule has 0 saturated carbocycles. The zero-order chi connectivity index (χ0) is 72.5. The van der Waals surface area contributed by atoms with Crippen molar-refractivity contribution in [1.82, 2.24) is 4.90 Å². The molecule has 3 aromatic carbocycles. The zero-order valence-electron chi connectivity index (χ0n) is 67.9. The van der Waals surface area contributed by atoms with Crippen molar-refractivity contribution in [3.05, 3.63) is 53.1 Å². The average Bonchev–Trinajstić information content (AvgIpc) is 0.711. The Kier molecular flexibility index (Phi) is 49.4. The lowest BCUT2D eigenvalue weighted by atomic mass is 9.97. The lowest BCUT2D eigenvalue weighted by Gasteiger charge is -2.39. The molecular formula is C93H156N4O6. The summed E-state index contributed by atoms with van der Waals surface area (Å²) in [5, 5.41) is 0. The van der Waals surface area contributed by atoms with Gasteiger partial charge in [0.15, 0.2) is 34.5 Å². The normalized spacial score (nSPS) is 12.8. The second-order valence-electron chi connectivity index (χ2n) is 31.3. The van der Waals surface area contributed by atoms with Gasteiger partial charge in [-0.15, -0.1) is 0 Å². The van der Waals surface area contributed by atoms with Gasteiger partial charge in [-0.25, -0.2) is 15.0 Å². The molecule has 0 fully saturated rings. The second-order valence-corrected chi connectivity index (χ2v) is 31.3. The third kappa shape index (κ3) is 35.7. The molecule has 0 saturated heterocycles. The first-order valence-electron chi connectivity index (χ1n) is 44.9. The summed E-state index contributed by atoms with van der Waals surface area (Å²) < 4.78 is 41.4. The van der Waals surface area contributed by atoms with E-state index in [1.54, 1.807) is 0 Å². The molecule has 0 atom stereocenters. The Morgan fingerprint density at radius 1 is 0.184 bits per heavy atom. The van der Waals surface area contributed by atoms with Gasteiger partial charge in [0.25, 0.3) is 0 Å². The number of unbranched alkanes of at least 4 members (excludes halogenated alkanes) is 54. The van der Waals surface area contributed by atoms with E-state index >= 15 is 0 Å². The molecule has 3 heterocycles. The van der Waals surface area contributed by atoms with E-state index in [2.05, 4.69) is 82.8 Å². The molecule has 3 aliphatic rings. The maximum Gasteiger partial charge on any atom is 0.163 e. The van der Waals surface area contributed by atoms with Crippen molar-refractivity contribution in [2.45, 2.75) is 427 Å². The Labute approximate surface area is 633 Å². The topological polar surface area (TPSA) is 95.7 Å². The Balaban J connectivity index is 1.35. The zero-order valence-corrected chi connectivity index (χ0v) is 67.9. The van der Waals surface area contributed by atoms with Crippen molar-refractivity contribution < 1.29 is 28.4 Å². The van der Waals surface area contributed by atoms with Crippen LogP contribution in [0.4, 0.5) is 17.1 Å². The van der Waals surface area contributed by atoms with Crippen LogP contribution in [0.2, 0.25) is 0 Å². The first-order chi connectivity index (χ1) is 51.0. The van der Waals surface area contributed by atoms with Gasteiger partial charge in [-0.05, 0) is 56.7 Å². The van der Waals surface area contributed by atoms with Crippen LogP contribution in [0.15, 0.2) is 51.4 Å². The van der Waals surface area contributed by atoms with Crippen LogP contribution in [0.25, 0.3) is 0 Å². The van der Waals surface area contributed by atoms with Gasteiger partial charge >= 0.3 is 0 Å². The predicted octanol–water partition coefficient (Wildman–Crippen LogP) is 30.4. The Bertz CT molecular complexity index is 2430. The lowest BCUT2D eigenvalue weighted by Crippen LogP contribution is -2.48. The van der Waals surface area contributed by atoms with E-state index in [0.717, 1.165) is 163 Å². The molecule has 0 aliphatic carbocycles. The molecule has 3 aliphatic heterocycles. The number of amidine groups is 3. The van der Waals surface area contributed by atoms with Crippen LogP contribution in [0.1, 0.15) is 443 Å². The van der Waals surface area contributed by atoms with E-state index in [1.807, 2.05) is 0 Å². The number of ether oxygens (including phenoxy) is 6.